The van der Waals surface area contributed by atoms with Crippen LogP contribution in [0, 0.1) is 10.1 Å². The topological polar surface area (TPSA) is 87.5 Å². The standard InChI is InChI=1S/C14H22N4O3/c1-4-16-14(19)10-17(5-2)9-11-8-12(18(20)21)6-7-13(11)15-3/h6-8,15H,4-5,9-10H2,1-3H3,(H,16,19). The van der Waals surface area contributed by atoms with Gasteiger partial charge in [0.25, 0.3) is 5.69 Å². The number of carbonyl (C=O) groups is 1. The largest absolute Gasteiger partial charge is 0.388 e. The summed E-state index contributed by atoms with van der Waals surface area (Å²) in [5.41, 5.74) is 1.69. The molecule has 116 valence electrons. The van der Waals surface area contributed by atoms with Crippen molar-refractivity contribution in [3.8, 4) is 0 Å². The van der Waals surface area contributed by atoms with E-state index in [2.05, 4.69) is 10.6 Å². The Balaban J connectivity index is 2.89. The van der Waals surface area contributed by atoms with Crippen LogP contribution in [0.5, 0.6) is 0 Å². The molecule has 1 rings (SSSR count). The molecular formula is C14H22N4O3. The zero-order chi connectivity index (χ0) is 15.8. The second-order valence-electron chi connectivity index (χ2n) is 4.61. The van der Waals surface area contributed by atoms with Crippen LogP contribution in [0.15, 0.2) is 18.2 Å². The van der Waals surface area contributed by atoms with Crippen molar-refractivity contribution in [2.45, 2.75) is 20.4 Å². The third-order valence-corrected chi connectivity index (χ3v) is 3.15. The van der Waals surface area contributed by atoms with Gasteiger partial charge in [0.15, 0.2) is 0 Å². The van der Waals surface area contributed by atoms with Gasteiger partial charge in [-0.2, -0.15) is 0 Å². The first-order valence-electron chi connectivity index (χ1n) is 6.95. The number of nitro groups is 1. The normalized spacial score (nSPS) is 10.5. The monoisotopic (exact) mass is 294 g/mol. The number of non-ortho nitro benzene ring substituents is 1. The van der Waals surface area contributed by atoms with Gasteiger partial charge in [-0.3, -0.25) is 19.8 Å². The Kier molecular flexibility index (Phi) is 6.61. The molecule has 0 aliphatic heterocycles. The minimum absolute atomic E-state index is 0.0456. The molecule has 0 aliphatic carbocycles. The van der Waals surface area contributed by atoms with Crippen LogP contribution in [0.1, 0.15) is 19.4 Å². The second-order valence-corrected chi connectivity index (χ2v) is 4.61. The van der Waals surface area contributed by atoms with Crippen molar-refractivity contribution in [1.29, 1.82) is 0 Å². The van der Waals surface area contributed by atoms with E-state index in [0.29, 0.717) is 19.6 Å². The van der Waals surface area contributed by atoms with Crippen LogP contribution in [-0.4, -0.2) is 42.4 Å². The van der Waals surface area contributed by atoms with Crippen molar-refractivity contribution >= 4 is 17.3 Å². The van der Waals surface area contributed by atoms with Gasteiger partial charge in [-0.05, 0) is 25.1 Å². The van der Waals surface area contributed by atoms with Gasteiger partial charge in [0.1, 0.15) is 0 Å². The summed E-state index contributed by atoms with van der Waals surface area (Å²) in [5.74, 6) is -0.0456. The Labute approximate surface area is 124 Å². The zero-order valence-electron chi connectivity index (χ0n) is 12.7. The quantitative estimate of drug-likeness (QED) is 0.561. The van der Waals surface area contributed by atoms with Crippen molar-refractivity contribution in [2.75, 3.05) is 32.0 Å². The van der Waals surface area contributed by atoms with Gasteiger partial charge in [-0.15, -0.1) is 0 Å². The fourth-order valence-electron chi connectivity index (χ4n) is 2.04. The molecule has 7 nitrogen and oxygen atoms in total. The summed E-state index contributed by atoms with van der Waals surface area (Å²) in [7, 11) is 1.77. The Morgan fingerprint density at radius 3 is 2.62 bits per heavy atom. The molecule has 2 N–H and O–H groups in total. The highest BCUT2D eigenvalue weighted by atomic mass is 16.6. The predicted molar refractivity (Wildman–Crippen MR) is 82.3 cm³/mol. The Morgan fingerprint density at radius 1 is 1.38 bits per heavy atom. The van der Waals surface area contributed by atoms with E-state index in [1.165, 1.54) is 6.07 Å². The lowest BCUT2D eigenvalue weighted by Gasteiger charge is -2.21. The van der Waals surface area contributed by atoms with E-state index in [4.69, 9.17) is 0 Å². The molecule has 0 saturated carbocycles. The van der Waals surface area contributed by atoms with E-state index < -0.39 is 4.92 Å². The van der Waals surface area contributed by atoms with Gasteiger partial charge in [0.2, 0.25) is 5.91 Å². The number of rotatable bonds is 8. The fraction of sp³-hybridized carbons (Fsp3) is 0.500. The maximum atomic E-state index is 11.7. The molecule has 0 bridgehead atoms. The summed E-state index contributed by atoms with van der Waals surface area (Å²) in [4.78, 5) is 24.1. The van der Waals surface area contributed by atoms with Crippen molar-refractivity contribution in [3.63, 3.8) is 0 Å². The van der Waals surface area contributed by atoms with Gasteiger partial charge in [-0.1, -0.05) is 6.92 Å². The van der Waals surface area contributed by atoms with E-state index in [1.807, 2.05) is 18.7 Å². The van der Waals surface area contributed by atoms with Crippen molar-refractivity contribution in [1.82, 2.24) is 10.2 Å². The van der Waals surface area contributed by atoms with Gasteiger partial charge in [0.05, 0.1) is 11.5 Å². The smallest absolute Gasteiger partial charge is 0.269 e. The molecule has 0 spiro atoms. The number of nitrogens with one attached hydrogen (secondary N) is 2. The highest BCUT2D eigenvalue weighted by Gasteiger charge is 2.14. The van der Waals surface area contributed by atoms with E-state index in [0.717, 1.165) is 11.3 Å². The molecule has 21 heavy (non-hydrogen) atoms. The zero-order valence-corrected chi connectivity index (χ0v) is 12.7. The average molecular weight is 294 g/mol. The number of nitro benzene ring substituents is 1. The van der Waals surface area contributed by atoms with Crippen molar-refractivity contribution in [3.05, 3.63) is 33.9 Å². The lowest BCUT2D eigenvalue weighted by molar-refractivity contribution is -0.384. The van der Waals surface area contributed by atoms with Crippen molar-refractivity contribution in [2.24, 2.45) is 0 Å². The minimum atomic E-state index is -0.414. The number of nitrogens with zero attached hydrogens (tertiary/aromatic N) is 2. The summed E-state index contributed by atoms with van der Waals surface area (Å²) < 4.78 is 0. The number of hydrogen-bond donors (Lipinski definition) is 2. The number of likely N-dealkylation sites (N-methyl/N-ethyl adjacent to an activating group) is 2. The van der Waals surface area contributed by atoms with Crippen LogP contribution in [0.25, 0.3) is 0 Å². The Morgan fingerprint density at radius 2 is 2.10 bits per heavy atom. The molecule has 0 unspecified atom stereocenters. The first kappa shape index (κ1) is 16.9. The number of hydrogen-bond acceptors (Lipinski definition) is 5. The first-order valence-corrected chi connectivity index (χ1v) is 6.95. The molecule has 1 aromatic carbocycles. The SMILES string of the molecule is CCNC(=O)CN(CC)Cc1cc([N+](=O)[O-])ccc1NC. The highest BCUT2D eigenvalue weighted by molar-refractivity contribution is 5.78. The van der Waals surface area contributed by atoms with E-state index in [9.17, 15) is 14.9 Å². The van der Waals surface area contributed by atoms with Gasteiger partial charge in [0, 0.05) is 38.0 Å². The third-order valence-electron chi connectivity index (χ3n) is 3.15. The summed E-state index contributed by atoms with van der Waals surface area (Å²) >= 11 is 0. The predicted octanol–water partition coefficient (Wildman–Crippen LogP) is 1.59. The average Bonchev–Trinajstić information content (AvgIpc) is 2.46. The molecule has 0 radical (unpaired) electrons. The summed E-state index contributed by atoms with van der Waals surface area (Å²) in [6.45, 7) is 5.85. The molecule has 1 amide bonds. The number of carbonyl (C=O) groups excluding carboxylic acids is 1. The van der Waals surface area contributed by atoms with Crippen LogP contribution in [-0.2, 0) is 11.3 Å². The molecule has 1 aromatic rings. The van der Waals surface area contributed by atoms with Crippen LogP contribution in [0.2, 0.25) is 0 Å². The van der Waals surface area contributed by atoms with Gasteiger partial charge >= 0.3 is 0 Å². The Hall–Kier alpha value is -2.15. The highest BCUT2D eigenvalue weighted by Crippen LogP contribution is 2.23. The van der Waals surface area contributed by atoms with E-state index in [1.54, 1.807) is 19.2 Å². The molecule has 7 heteroatoms. The fourth-order valence-corrected chi connectivity index (χ4v) is 2.04. The summed E-state index contributed by atoms with van der Waals surface area (Å²) in [6.07, 6.45) is 0. The molecule has 0 aliphatic rings. The van der Waals surface area contributed by atoms with Crippen LogP contribution < -0.4 is 10.6 Å². The maximum Gasteiger partial charge on any atom is 0.269 e. The number of amides is 1. The van der Waals surface area contributed by atoms with Crippen LogP contribution >= 0.6 is 0 Å². The van der Waals surface area contributed by atoms with Crippen molar-refractivity contribution < 1.29 is 9.72 Å². The lowest BCUT2D eigenvalue weighted by atomic mass is 10.1. The second kappa shape index (κ2) is 8.21. The first-order chi connectivity index (χ1) is 10.0. The van der Waals surface area contributed by atoms with Crippen LogP contribution in [0.4, 0.5) is 11.4 Å². The van der Waals surface area contributed by atoms with Gasteiger partial charge in [-0.25, -0.2) is 0 Å². The lowest BCUT2D eigenvalue weighted by Crippen LogP contribution is -2.36. The van der Waals surface area contributed by atoms with Crippen LogP contribution in [0.3, 0.4) is 0 Å². The molecule has 0 fully saturated rings. The molecule has 0 heterocycles. The molecule has 0 aromatic heterocycles. The minimum Gasteiger partial charge on any atom is -0.388 e. The molecule has 0 saturated heterocycles. The number of benzene rings is 1. The molecule has 0 atom stereocenters. The maximum absolute atomic E-state index is 11.7. The number of anilines is 1. The summed E-state index contributed by atoms with van der Waals surface area (Å²) in [6, 6.07) is 4.70. The third kappa shape index (κ3) is 5.03. The van der Waals surface area contributed by atoms with E-state index in [-0.39, 0.29) is 18.1 Å². The van der Waals surface area contributed by atoms with Gasteiger partial charge < -0.3 is 10.6 Å². The Bertz CT molecular complexity index is 505. The van der Waals surface area contributed by atoms with E-state index >= 15 is 0 Å². The molecular weight excluding hydrogens is 272 g/mol. The summed E-state index contributed by atoms with van der Waals surface area (Å²) in [5, 5.41) is 16.6.